The first-order valence-corrected chi connectivity index (χ1v) is 8.88. The van der Waals surface area contributed by atoms with E-state index in [0.717, 1.165) is 11.1 Å². The van der Waals surface area contributed by atoms with Crippen LogP contribution < -0.4 is 10.1 Å². The molecule has 0 saturated carbocycles. The Kier molecular flexibility index (Phi) is 6.82. The maximum atomic E-state index is 11.8. The van der Waals surface area contributed by atoms with Gasteiger partial charge in [-0.25, -0.2) is 9.59 Å². The Hall–Kier alpha value is -3.28. The van der Waals surface area contributed by atoms with Crippen molar-refractivity contribution in [1.29, 1.82) is 0 Å². The number of rotatable bonds is 7. The fourth-order valence-corrected chi connectivity index (χ4v) is 2.55. The molecule has 0 aliphatic rings. The molecule has 28 heavy (non-hydrogen) atoms. The highest BCUT2D eigenvalue weighted by molar-refractivity contribution is 5.86. The minimum Gasteiger partial charge on any atom is -0.508 e. The van der Waals surface area contributed by atoms with Crippen molar-refractivity contribution < 1.29 is 24.2 Å². The number of carbonyl (C=O) groups excluding carboxylic acids is 2. The summed E-state index contributed by atoms with van der Waals surface area (Å²) in [6, 6.07) is 14.3. The molecule has 0 aliphatic carbocycles. The van der Waals surface area contributed by atoms with Crippen molar-refractivity contribution in [2.45, 2.75) is 26.2 Å². The van der Waals surface area contributed by atoms with E-state index >= 15 is 0 Å². The van der Waals surface area contributed by atoms with E-state index in [-0.39, 0.29) is 24.3 Å². The fourth-order valence-electron chi connectivity index (χ4n) is 2.55. The maximum Gasteiger partial charge on any atom is 0.412 e. The monoisotopic (exact) mass is 383 g/mol. The van der Waals surface area contributed by atoms with Crippen molar-refractivity contribution in [3.8, 4) is 11.5 Å². The molecule has 0 atom stereocenters. The van der Waals surface area contributed by atoms with Crippen molar-refractivity contribution in [3.05, 3.63) is 71.8 Å². The predicted octanol–water partition coefficient (Wildman–Crippen LogP) is 3.93. The van der Waals surface area contributed by atoms with Gasteiger partial charge in [-0.3, -0.25) is 0 Å². The van der Waals surface area contributed by atoms with E-state index in [1.54, 1.807) is 31.2 Å². The molecule has 148 valence electrons. The van der Waals surface area contributed by atoms with Crippen LogP contribution in [0, 0.1) is 0 Å². The van der Waals surface area contributed by atoms with Gasteiger partial charge < -0.3 is 19.9 Å². The van der Waals surface area contributed by atoms with Crippen LogP contribution in [0.3, 0.4) is 0 Å². The molecule has 6 heteroatoms. The zero-order chi connectivity index (χ0) is 20.7. The number of esters is 1. The van der Waals surface area contributed by atoms with E-state index in [0.29, 0.717) is 11.3 Å². The van der Waals surface area contributed by atoms with Crippen molar-refractivity contribution in [2.75, 3.05) is 13.2 Å². The molecule has 0 radical (unpaired) electrons. The van der Waals surface area contributed by atoms with Crippen LogP contribution in [0.4, 0.5) is 4.79 Å². The molecule has 2 N–H and O–H groups in total. The van der Waals surface area contributed by atoms with E-state index in [1.807, 2.05) is 24.3 Å². The standard InChI is InChI=1S/C22H25NO5/c1-15(2)20(25)27-14-13-23-21(26)28-19-11-7-17(8-12-19)22(3,4)16-5-9-18(24)10-6-16/h5-12,24H,1,13-14H2,2-4H3,(H,23,26). The van der Waals surface area contributed by atoms with Crippen LogP contribution in [-0.2, 0) is 14.9 Å². The molecule has 2 aromatic rings. The number of hydrogen-bond acceptors (Lipinski definition) is 5. The molecule has 0 fully saturated rings. The van der Waals surface area contributed by atoms with Crippen molar-refractivity contribution >= 4 is 12.1 Å². The summed E-state index contributed by atoms with van der Waals surface area (Å²) in [5, 5.41) is 12.0. The van der Waals surface area contributed by atoms with Gasteiger partial charge in [-0.15, -0.1) is 0 Å². The van der Waals surface area contributed by atoms with Crippen LogP contribution in [0.5, 0.6) is 11.5 Å². The Bertz CT molecular complexity index is 838. The number of benzene rings is 2. The highest BCUT2D eigenvalue weighted by atomic mass is 16.6. The highest BCUT2D eigenvalue weighted by Gasteiger charge is 2.23. The predicted molar refractivity (Wildman–Crippen MR) is 106 cm³/mol. The quantitative estimate of drug-likeness (QED) is 0.430. The van der Waals surface area contributed by atoms with Crippen LogP contribution >= 0.6 is 0 Å². The molecule has 0 unspecified atom stereocenters. The first-order chi connectivity index (χ1) is 13.2. The number of ether oxygens (including phenoxy) is 2. The van der Waals surface area contributed by atoms with E-state index in [4.69, 9.17) is 9.47 Å². The van der Waals surface area contributed by atoms with Crippen LogP contribution in [-0.4, -0.2) is 30.3 Å². The Balaban J connectivity index is 1.89. The van der Waals surface area contributed by atoms with Gasteiger partial charge in [0.05, 0.1) is 6.54 Å². The minimum absolute atomic E-state index is 0.0422. The molecule has 0 spiro atoms. The normalized spacial score (nSPS) is 10.8. The zero-order valence-corrected chi connectivity index (χ0v) is 16.3. The number of phenolic OH excluding ortho intramolecular Hbond substituents is 1. The van der Waals surface area contributed by atoms with Crippen LogP contribution in [0.2, 0.25) is 0 Å². The SMILES string of the molecule is C=C(C)C(=O)OCCNC(=O)Oc1ccc(C(C)(C)c2ccc(O)cc2)cc1. The smallest absolute Gasteiger partial charge is 0.412 e. The van der Waals surface area contributed by atoms with Gasteiger partial charge in [-0.05, 0) is 42.3 Å². The molecule has 1 amide bonds. The third-order valence-electron chi connectivity index (χ3n) is 4.33. The molecule has 0 heterocycles. The Morgan fingerprint density at radius 1 is 1.04 bits per heavy atom. The van der Waals surface area contributed by atoms with Crippen LogP contribution in [0.15, 0.2) is 60.7 Å². The van der Waals surface area contributed by atoms with Crippen molar-refractivity contribution in [2.24, 2.45) is 0 Å². The summed E-state index contributed by atoms with van der Waals surface area (Å²) < 4.78 is 10.1. The van der Waals surface area contributed by atoms with Crippen molar-refractivity contribution in [3.63, 3.8) is 0 Å². The summed E-state index contributed by atoms with van der Waals surface area (Å²) in [7, 11) is 0. The fraction of sp³-hybridized carbons (Fsp3) is 0.273. The highest BCUT2D eigenvalue weighted by Crippen LogP contribution is 2.33. The third-order valence-corrected chi connectivity index (χ3v) is 4.33. The van der Waals surface area contributed by atoms with E-state index in [1.165, 1.54) is 0 Å². The molecule has 2 aromatic carbocycles. The van der Waals surface area contributed by atoms with Gasteiger partial charge in [0.2, 0.25) is 0 Å². The number of hydrogen-bond donors (Lipinski definition) is 2. The summed E-state index contributed by atoms with van der Waals surface area (Å²) in [5.41, 5.74) is 2.12. The van der Waals surface area contributed by atoms with Gasteiger partial charge in [0, 0.05) is 11.0 Å². The van der Waals surface area contributed by atoms with Gasteiger partial charge in [-0.1, -0.05) is 44.7 Å². The second kappa shape index (κ2) is 9.08. The second-order valence-electron chi connectivity index (χ2n) is 6.93. The summed E-state index contributed by atoms with van der Waals surface area (Å²) in [4.78, 5) is 23.0. The van der Waals surface area contributed by atoms with Gasteiger partial charge in [0.15, 0.2) is 0 Å². The zero-order valence-electron chi connectivity index (χ0n) is 16.3. The topological polar surface area (TPSA) is 84.9 Å². The Morgan fingerprint density at radius 3 is 2.11 bits per heavy atom. The number of carbonyl (C=O) groups is 2. The largest absolute Gasteiger partial charge is 0.508 e. The molecular weight excluding hydrogens is 358 g/mol. The molecule has 0 saturated heterocycles. The Labute approximate surface area is 164 Å². The lowest BCUT2D eigenvalue weighted by Gasteiger charge is -2.26. The average molecular weight is 383 g/mol. The molecule has 2 rings (SSSR count). The van der Waals surface area contributed by atoms with Crippen LogP contribution in [0.25, 0.3) is 0 Å². The van der Waals surface area contributed by atoms with Gasteiger partial charge in [0.25, 0.3) is 0 Å². The summed E-state index contributed by atoms with van der Waals surface area (Å²) in [5.74, 6) is 0.132. The lowest BCUT2D eigenvalue weighted by Crippen LogP contribution is -2.30. The van der Waals surface area contributed by atoms with E-state index < -0.39 is 12.1 Å². The molecule has 0 aliphatic heterocycles. The summed E-state index contributed by atoms with van der Waals surface area (Å²) in [6.45, 7) is 9.37. The van der Waals surface area contributed by atoms with Crippen LogP contribution in [0.1, 0.15) is 31.9 Å². The summed E-state index contributed by atoms with van der Waals surface area (Å²) in [6.07, 6.45) is -0.628. The van der Waals surface area contributed by atoms with Gasteiger partial charge in [-0.2, -0.15) is 0 Å². The van der Waals surface area contributed by atoms with Gasteiger partial charge >= 0.3 is 12.1 Å². The van der Waals surface area contributed by atoms with E-state index in [2.05, 4.69) is 25.7 Å². The minimum atomic E-state index is -0.628. The van der Waals surface area contributed by atoms with Crippen molar-refractivity contribution in [1.82, 2.24) is 5.32 Å². The lowest BCUT2D eigenvalue weighted by molar-refractivity contribution is -0.138. The molecule has 6 nitrogen and oxygen atoms in total. The number of aromatic hydroxyl groups is 1. The molecule has 0 bridgehead atoms. The van der Waals surface area contributed by atoms with E-state index in [9.17, 15) is 14.7 Å². The number of phenols is 1. The lowest BCUT2D eigenvalue weighted by atomic mass is 9.78. The maximum absolute atomic E-state index is 11.8. The Morgan fingerprint density at radius 2 is 1.57 bits per heavy atom. The number of nitrogens with one attached hydrogen (secondary N) is 1. The molecular formula is C22H25NO5. The average Bonchev–Trinajstić information content (AvgIpc) is 2.65. The second-order valence-corrected chi connectivity index (χ2v) is 6.93. The first kappa shape index (κ1) is 21.0. The number of amides is 1. The summed E-state index contributed by atoms with van der Waals surface area (Å²) >= 11 is 0. The molecule has 0 aromatic heterocycles. The van der Waals surface area contributed by atoms with Gasteiger partial charge in [0.1, 0.15) is 18.1 Å². The first-order valence-electron chi connectivity index (χ1n) is 8.88. The third kappa shape index (κ3) is 5.61.